The maximum Gasteiger partial charge on any atom is 0.0792 e. The Morgan fingerprint density at radius 3 is 2.31 bits per heavy atom. The topological polar surface area (TPSA) is 28.7 Å². The molecule has 0 aliphatic heterocycles. The van der Waals surface area contributed by atoms with Crippen LogP contribution < -0.4 is 0 Å². The van der Waals surface area contributed by atoms with E-state index in [2.05, 4.69) is 42.1 Å². The Kier molecular flexibility index (Phi) is 2.51. The Labute approximate surface area is 92.6 Å². The van der Waals surface area contributed by atoms with Crippen LogP contribution in [-0.4, -0.2) is 10.2 Å². The molecule has 0 saturated heterocycles. The van der Waals surface area contributed by atoms with Crippen molar-refractivity contribution in [1.29, 1.82) is 0 Å². The molecule has 1 aromatic carbocycles. The molecule has 66 valence electrons. The molecule has 0 bridgehead atoms. The number of aromatic nitrogens is 2. The molecule has 0 amide bonds. The first-order chi connectivity index (χ1) is 6.27. The molecule has 1 heterocycles. The van der Waals surface area contributed by atoms with Gasteiger partial charge in [0.1, 0.15) is 0 Å². The van der Waals surface area contributed by atoms with Gasteiger partial charge in [-0.2, -0.15) is 5.10 Å². The smallest absolute Gasteiger partial charge is 0.0792 e. The van der Waals surface area contributed by atoms with Crippen molar-refractivity contribution >= 4 is 31.9 Å². The number of hydrogen-bond acceptors (Lipinski definition) is 1. The normalized spacial score (nSPS) is 10.3. The van der Waals surface area contributed by atoms with Gasteiger partial charge in [0, 0.05) is 10.0 Å². The molecule has 0 radical (unpaired) electrons. The zero-order chi connectivity index (χ0) is 9.26. The lowest BCUT2D eigenvalue weighted by Crippen LogP contribution is -1.78. The van der Waals surface area contributed by atoms with Gasteiger partial charge in [-0.1, -0.05) is 28.1 Å². The zero-order valence-electron chi connectivity index (χ0n) is 6.59. The first kappa shape index (κ1) is 8.97. The standard InChI is InChI=1S/C9H6Br2N2/c10-7-3-1-6(2-4-7)9-8(11)5-12-13-9/h1-5H,(H,12,13). The maximum atomic E-state index is 3.94. The number of H-pyrrole nitrogens is 1. The second-order valence-corrected chi connectivity index (χ2v) is 4.37. The van der Waals surface area contributed by atoms with Crippen molar-refractivity contribution in [2.24, 2.45) is 0 Å². The predicted octanol–water partition coefficient (Wildman–Crippen LogP) is 3.60. The van der Waals surface area contributed by atoms with E-state index in [-0.39, 0.29) is 0 Å². The summed E-state index contributed by atoms with van der Waals surface area (Å²) >= 11 is 6.81. The van der Waals surface area contributed by atoms with E-state index in [0.717, 1.165) is 20.2 Å². The summed E-state index contributed by atoms with van der Waals surface area (Å²) in [6.07, 6.45) is 1.75. The average molecular weight is 302 g/mol. The van der Waals surface area contributed by atoms with Crippen molar-refractivity contribution < 1.29 is 0 Å². The molecule has 2 nitrogen and oxygen atoms in total. The molecular formula is C9H6Br2N2. The van der Waals surface area contributed by atoms with Gasteiger partial charge in [0.2, 0.25) is 0 Å². The number of aromatic amines is 1. The van der Waals surface area contributed by atoms with Gasteiger partial charge in [0.25, 0.3) is 0 Å². The Morgan fingerprint density at radius 1 is 1.08 bits per heavy atom. The van der Waals surface area contributed by atoms with E-state index in [0.29, 0.717) is 0 Å². The molecule has 13 heavy (non-hydrogen) atoms. The molecule has 2 aromatic rings. The van der Waals surface area contributed by atoms with Crippen LogP contribution in [0.4, 0.5) is 0 Å². The molecule has 0 unspecified atom stereocenters. The molecule has 4 heteroatoms. The molecule has 0 aliphatic rings. The highest BCUT2D eigenvalue weighted by Crippen LogP contribution is 2.26. The predicted molar refractivity (Wildman–Crippen MR) is 59.4 cm³/mol. The van der Waals surface area contributed by atoms with Crippen LogP contribution in [0.15, 0.2) is 39.4 Å². The largest absolute Gasteiger partial charge is 0.277 e. The monoisotopic (exact) mass is 300 g/mol. The molecular weight excluding hydrogens is 296 g/mol. The number of nitrogens with one attached hydrogen (secondary N) is 1. The summed E-state index contributed by atoms with van der Waals surface area (Å²) in [6, 6.07) is 8.07. The van der Waals surface area contributed by atoms with E-state index in [1.165, 1.54) is 0 Å². The van der Waals surface area contributed by atoms with Crippen molar-refractivity contribution in [3.63, 3.8) is 0 Å². The fourth-order valence-electron chi connectivity index (χ4n) is 1.09. The van der Waals surface area contributed by atoms with Crippen LogP contribution in [-0.2, 0) is 0 Å². The van der Waals surface area contributed by atoms with Gasteiger partial charge < -0.3 is 0 Å². The molecule has 0 atom stereocenters. The van der Waals surface area contributed by atoms with Gasteiger partial charge in [-0.05, 0) is 28.1 Å². The van der Waals surface area contributed by atoms with Crippen LogP contribution in [0.3, 0.4) is 0 Å². The Bertz CT molecular complexity index is 406. The fourth-order valence-corrected chi connectivity index (χ4v) is 1.77. The number of hydrogen-bond donors (Lipinski definition) is 1. The van der Waals surface area contributed by atoms with Gasteiger partial charge in [-0.3, -0.25) is 5.10 Å². The number of benzene rings is 1. The lowest BCUT2D eigenvalue weighted by atomic mass is 10.2. The van der Waals surface area contributed by atoms with Crippen LogP contribution in [0.2, 0.25) is 0 Å². The Balaban J connectivity index is 2.47. The van der Waals surface area contributed by atoms with Gasteiger partial charge in [0.05, 0.1) is 16.4 Å². The van der Waals surface area contributed by atoms with Gasteiger partial charge in [-0.15, -0.1) is 0 Å². The van der Waals surface area contributed by atoms with Crippen molar-refractivity contribution in [2.45, 2.75) is 0 Å². The summed E-state index contributed by atoms with van der Waals surface area (Å²) in [5.74, 6) is 0. The quantitative estimate of drug-likeness (QED) is 0.856. The molecule has 0 fully saturated rings. The molecule has 0 spiro atoms. The Hall–Kier alpha value is -0.610. The van der Waals surface area contributed by atoms with Crippen molar-refractivity contribution in [3.8, 4) is 11.3 Å². The molecule has 0 saturated carbocycles. The van der Waals surface area contributed by atoms with E-state index in [1.54, 1.807) is 6.20 Å². The van der Waals surface area contributed by atoms with E-state index in [1.807, 2.05) is 24.3 Å². The van der Waals surface area contributed by atoms with Crippen molar-refractivity contribution in [1.82, 2.24) is 10.2 Å². The summed E-state index contributed by atoms with van der Waals surface area (Å²) in [5.41, 5.74) is 2.13. The zero-order valence-corrected chi connectivity index (χ0v) is 9.76. The first-order valence-electron chi connectivity index (χ1n) is 3.72. The minimum Gasteiger partial charge on any atom is -0.277 e. The number of halogens is 2. The van der Waals surface area contributed by atoms with Gasteiger partial charge in [-0.25, -0.2) is 0 Å². The van der Waals surface area contributed by atoms with E-state index in [9.17, 15) is 0 Å². The maximum absolute atomic E-state index is 3.94. The van der Waals surface area contributed by atoms with Crippen LogP contribution in [0.25, 0.3) is 11.3 Å². The van der Waals surface area contributed by atoms with Crippen LogP contribution in [0.5, 0.6) is 0 Å². The van der Waals surface area contributed by atoms with E-state index < -0.39 is 0 Å². The SMILES string of the molecule is Brc1ccc(-c2[nH]ncc2Br)cc1. The van der Waals surface area contributed by atoms with Crippen molar-refractivity contribution in [3.05, 3.63) is 39.4 Å². The third-order valence-electron chi connectivity index (χ3n) is 1.73. The molecule has 1 N–H and O–H groups in total. The third-order valence-corrected chi connectivity index (χ3v) is 2.86. The number of rotatable bonds is 1. The summed E-state index contributed by atoms with van der Waals surface area (Å²) < 4.78 is 2.06. The van der Waals surface area contributed by atoms with Gasteiger partial charge in [0.15, 0.2) is 0 Å². The molecule has 2 rings (SSSR count). The van der Waals surface area contributed by atoms with Crippen LogP contribution in [0, 0.1) is 0 Å². The summed E-state index contributed by atoms with van der Waals surface area (Å²) in [7, 11) is 0. The lowest BCUT2D eigenvalue weighted by molar-refractivity contribution is 1.10. The highest BCUT2D eigenvalue weighted by molar-refractivity contribution is 9.10. The first-order valence-corrected chi connectivity index (χ1v) is 5.31. The van der Waals surface area contributed by atoms with E-state index in [4.69, 9.17) is 0 Å². The second kappa shape index (κ2) is 3.64. The fraction of sp³-hybridized carbons (Fsp3) is 0. The lowest BCUT2D eigenvalue weighted by Gasteiger charge is -1.97. The van der Waals surface area contributed by atoms with Crippen molar-refractivity contribution in [2.75, 3.05) is 0 Å². The minimum absolute atomic E-state index is 0.981. The summed E-state index contributed by atoms with van der Waals surface area (Å²) in [6.45, 7) is 0. The second-order valence-electron chi connectivity index (χ2n) is 2.60. The minimum atomic E-state index is 0.981. The van der Waals surface area contributed by atoms with Crippen LogP contribution >= 0.6 is 31.9 Å². The number of nitrogens with zero attached hydrogens (tertiary/aromatic N) is 1. The Morgan fingerprint density at radius 2 is 1.77 bits per heavy atom. The van der Waals surface area contributed by atoms with E-state index >= 15 is 0 Å². The summed E-state index contributed by atoms with van der Waals surface area (Å²) in [5, 5.41) is 6.87. The molecule has 0 aliphatic carbocycles. The van der Waals surface area contributed by atoms with Crippen LogP contribution in [0.1, 0.15) is 0 Å². The summed E-state index contributed by atoms with van der Waals surface area (Å²) in [4.78, 5) is 0. The van der Waals surface area contributed by atoms with Gasteiger partial charge >= 0.3 is 0 Å². The highest BCUT2D eigenvalue weighted by Gasteiger charge is 2.03. The third kappa shape index (κ3) is 1.84. The molecule has 1 aromatic heterocycles. The highest BCUT2D eigenvalue weighted by atomic mass is 79.9. The average Bonchev–Trinajstić information content (AvgIpc) is 2.53.